The van der Waals surface area contributed by atoms with Crippen LogP contribution in [0.25, 0.3) is 0 Å². The number of rotatable bonds is 2. The molecule has 3 rings (SSSR count). The van der Waals surface area contributed by atoms with Crippen molar-refractivity contribution in [3.05, 3.63) is 59.7 Å². The van der Waals surface area contributed by atoms with Gasteiger partial charge in [0.2, 0.25) is 0 Å². The van der Waals surface area contributed by atoms with Gasteiger partial charge < -0.3 is 10.0 Å². The SMILES string of the molecule is Oc1ccc(CN2CCCCc3ccccc32)cc1. The number of fused-ring (bicyclic) bond motifs is 1. The summed E-state index contributed by atoms with van der Waals surface area (Å²) < 4.78 is 0. The Labute approximate surface area is 114 Å². The molecule has 0 radical (unpaired) electrons. The zero-order chi connectivity index (χ0) is 13.1. The molecule has 1 N–H and O–H groups in total. The van der Waals surface area contributed by atoms with E-state index in [0.29, 0.717) is 5.75 Å². The van der Waals surface area contributed by atoms with Crippen molar-refractivity contribution in [2.45, 2.75) is 25.8 Å². The molecule has 1 aliphatic rings. The monoisotopic (exact) mass is 253 g/mol. The largest absolute Gasteiger partial charge is 0.508 e. The van der Waals surface area contributed by atoms with Crippen LogP contribution < -0.4 is 4.90 Å². The maximum Gasteiger partial charge on any atom is 0.115 e. The lowest BCUT2D eigenvalue weighted by Gasteiger charge is -2.25. The zero-order valence-electron chi connectivity index (χ0n) is 11.0. The third-order valence-corrected chi connectivity index (χ3v) is 3.77. The first-order chi connectivity index (χ1) is 9.33. The second kappa shape index (κ2) is 5.35. The van der Waals surface area contributed by atoms with Gasteiger partial charge in [0, 0.05) is 18.8 Å². The Morgan fingerprint density at radius 2 is 1.74 bits per heavy atom. The molecule has 0 aliphatic carbocycles. The first-order valence-electron chi connectivity index (χ1n) is 6.94. The number of hydrogen-bond donors (Lipinski definition) is 1. The van der Waals surface area contributed by atoms with E-state index in [2.05, 4.69) is 29.2 Å². The van der Waals surface area contributed by atoms with E-state index in [1.807, 2.05) is 12.1 Å². The van der Waals surface area contributed by atoms with Gasteiger partial charge >= 0.3 is 0 Å². The smallest absolute Gasteiger partial charge is 0.115 e. The Kier molecular flexibility index (Phi) is 3.41. The van der Waals surface area contributed by atoms with Gasteiger partial charge in [-0.1, -0.05) is 30.3 Å². The van der Waals surface area contributed by atoms with Crippen LogP contribution in [0, 0.1) is 0 Å². The number of phenolic OH excluding ortho intramolecular Hbond substituents is 1. The summed E-state index contributed by atoms with van der Waals surface area (Å²) in [5.41, 5.74) is 4.07. The Morgan fingerprint density at radius 3 is 2.58 bits per heavy atom. The number of benzene rings is 2. The molecule has 0 bridgehead atoms. The van der Waals surface area contributed by atoms with E-state index in [1.54, 1.807) is 12.1 Å². The van der Waals surface area contributed by atoms with Gasteiger partial charge in [0.15, 0.2) is 0 Å². The van der Waals surface area contributed by atoms with E-state index in [-0.39, 0.29) is 0 Å². The van der Waals surface area contributed by atoms with Crippen LogP contribution in [0.15, 0.2) is 48.5 Å². The van der Waals surface area contributed by atoms with Gasteiger partial charge in [0.1, 0.15) is 5.75 Å². The Balaban J connectivity index is 1.86. The first-order valence-corrected chi connectivity index (χ1v) is 6.94. The lowest BCUT2D eigenvalue weighted by atomic mass is 10.1. The van der Waals surface area contributed by atoms with Gasteiger partial charge in [-0.25, -0.2) is 0 Å². The third kappa shape index (κ3) is 2.73. The fourth-order valence-corrected chi connectivity index (χ4v) is 2.76. The minimum atomic E-state index is 0.333. The molecule has 0 spiro atoms. The van der Waals surface area contributed by atoms with E-state index in [4.69, 9.17) is 0 Å². The van der Waals surface area contributed by atoms with Crippen LogP contribution in [0.2, 0.25) is 0 Å². The maximum atomic E-state index is 9.35. The van der Waals surface area contributed by atoms with Crippen LogP contribution in [0.4, 0.5) is 5.69 Å². The van der Waals surface area contributed by atoms with Gasteiger partial charge in [-0.05, 0) is 48.6 Å². The number of anilines is 1. The number of aromatic hydroxyl groups is 1. The van der Waals surface area contributed by atoms with Crippen LogP contribution in [0.1, 0.15) is 24.0 Å². The van der Waals surface area contributed by atoms with Crippen molar-refractivity contribution < 1.29 is 5.11 Å². The van der Waals surface area contributed by atoms with E-state index in [1.165, 1.54) is 36.1 Å². The maximum absolute atomic E-state index is 9.35. The van der Waals surface area contributed by atoms with Crippen molar-refractivity contribution in [1.82, 2.24) is 0 Å². The molecule has 0 saturated carbocycles. The molecule has 98 valence electrons. The van der Waals surface area contributed by atoms with Gasteiger partial charge in [-0.2, -0.15) is 0 Å². The number of hydrogen-bond acceptors (Lipinski definition) is 2. The van der Waals surface area contributed by atoms with Crippen molar-refractivity contribution >= 4 is 5.69 Å². The second-order valence-electron chi connectivity index (χ2n) is 5.17. The van der Waals surface area contributed by atoms with Crippen LogP contribution in [-0.2, 0) is 13.0 Å². The zero-order valence-corrected chi connectivity index (χ0v) is 11.0. The van der Waals surface area contributed by atoms with Gasteiger partial charge in [-0.15, -0.1) is 0 Å². The number of para-hydroxylation sites is 1. The molecular formula is C17H19NO. The predicted molar refractivity (Wildman–Crippen MR) is 78.5 cm³/mol. The summed E-state index contributed by atoms with van der Waals surface area (Å²) >= 11 is 0. The van der Waals surface area contributed by atoms with Crippen LogP contribution >= 0.6 is 0 Å². The average molecular weight is 253 g/mol. The molecule has 19 heavy (non-hydrogen) atoms. The highest BCUT2D eigenvalue weighted by atomic mass is 16.3. The highest BCUT2D eigenvalue weighted by molar-refractivity contribution is 5.54. The van der Waals surface area contributed by atoms with E-state index in [9.17, 15) is 5.11 Å². The van der Waals surface area contributed by atoms with Crippen molar-refractivity contribution in [3.8, 4) is 5.75 Å². The first kappa shape index (κ1) is 12.1. The third-order valence-electron chi connectivity index (χ3n) is 3.77. The lowest BCUT2D eigenvalue weighted by molar-refractivity contribution is 0.475. The highest BCUT2D eigenvalue weighted by Gasteiger charge is 2.14. The van der Waals surface area contributed by atoms with Crippen LogP contribution in [-0.4, -0.2) is 11.7 Å². The van der Waals surface area contributed by atoms with E-state index < -0.39 is 0 Å². The number of phenols is 1. The van der Waals surface area contributed by atoms with Crippen molar-refractivity contribution in [2.24, 2.45) is 0 Å². The van der Waals surface area contributed by atoms with E-state index in [0.717, 1.165) is 13.1 Å². The standard InChI is InChI=1S/C17H19NO/c19-16-10-8-14(9-11-16)13-18-12-4-3-6-15-5-1-2-7-17(15)18/h1-2,5,7-11,19H,3-4,6,12-13H2. The van der Waals surface area contributed by atoms with Gasteiger partial charge in [0.05, 0.1) is 0 Å². The topological polar surface area (TPSA) is 23.5 Å². The van der Waals surface area contributed by atoms with Gasteiger partial charge in [-0.3, -0.25) is 0 Å². The Bertz CT molecular complexity index is 547. The van der Waals surface area contributed by atoms with Crippen molar-refractivity contribution in [2.75, 3.05) is 11.4 Å². The Hall–Kier alpha value is -1.96. The molecule has 2 heteroatoms. The summed E-state index contributed by atoms with van der Waals surface area (Å²) in [6, 6.07) is 16.2. The molecule has 0 unspecified atom stereocenters. The van der Waals surface area contributed by atoms with Crippen molar-refractivity contribution in [1.29, 1.82) is 0 Å². The normalized spacial score (nSPS) is 14.8. The molecule has 2 nitrogen and oxygen atoms in total. The molecule has 0 fully saturated rings. The molecule has 2 aromatic rings. The molecule has 1 aliphatic heterocycles. The number of aryl methyl sites for hydroxylation is 1. The molecule has 0 saturated heterocycles. The minimum Gasteiger partial charge on any atom is -0.508 e. The summed E-state index contributed by atoms with van der Waals surface area (Å²) in [5.74, 6) is 0.333. The summed E-state index contributed by atoms with van der Waals surface area (Å²) in [6.45, 7) is 2.02. The minimum absolute atomic E-state index is 0.333. The fraction of sp³-hybridized carbons (Fsp3) is 0.294. The highest BCUT2D eigenvalue weighted by Crippen LogP contribution is 2.27. The number of nitrogens with zero attached hydrogens (tertiary/aromatic N) is 1. The summed E-state index contributed by atoms with van der Waals surface area (Å²) in [5, 5.41) is 9.35. The molecule has 0 amide bonds. The summed E-state index contributed by atoms with van der Waals surface area (Å²) in [6.07, 6.45) is 3.69. The predicted octanol–water partition coefficient (Wildman–Crippen LogP) is 3.74. The quantitative estimate of drug-likeness (QED) is 0.881. The summed E-state index contributed by atoms with van der Waals surface area (Å²) in [4.78, 5) is 2.45. The molecule has 0 aromatic heterocycles. The van der Waals surface area contributed by atoms with Gasteiger partial charge in [0.25, 0.3) is 0 Å². The van der Waals surface area contributed by atoms with E-state index >= 15 is 0 Å². The lowest BCUT2D eigenvalue weighted by Crippen LogP contribution is -2.23. The van der Waals surface area contributed by atoms with Crippen molar-refractivity contribution in [3.63, 3.8) is 0 Å². The second-order valence-corrected chi connectivity index (χ2v) is 5.17. The molecule has 0 atom stereocenters. The average Bonchev–Trinajstić information content (AvgIpc) is 2.64. The Morgan fingerprint density at radius 1 is 0.947 bits per heavy atom. The summed E-state index contributed by atoms with van der Waals surface area (Å²) in [7, 11) is 0. The molecule has 2 aromatic carbocycles. The molecule has 1 heterocycles. The molecular weight excluding hydrogens is 234 g/mol. The van der Waals surface area contributed by atoms with Crippen LogP contribution in [0.3, 0.4) is 0 Å². The van der Waals surface area contributed by atoms with Crippen LogP contribution in [0.5, 0.6) is 5.75 Å². The fourth-order valence-electron chi connectivity index (χ4n) is 2.76.